The third-order valence-corrected chi connectivity index (χ3v) is 2.64. The smallest absolute Gasteiger partial charge is 0.167 e. The summed E-state index contributed by atoms with van der Waals surface area (Å²) in [5.74, 6) is -0.0370. The molecule has 0 bridgehead atoms. The van der Waals surface area contributed by atoms with Crippen LogP contribution < -0.4 is 15.4 Å². The number of nitrogens with one attached hydrogen (secondary N) is 2. The first-order valence-electron chi connectivity index (χ1n) is 5.83. The Balaban J connectivity index is 2.64. The van der Waals surface area contributed by atoms with Gasteiger partial charge in [0.05, 0.1) is 6.61 Å². The van der Waals surface area contributed by atoms with Crippen molar-refractivity contribution in [1.29, 1.82) is 0 Å². The molecule has 0 aromatic heterocycles. The molecule has 0 radical (unpaired) electrons. The first kappa shape index (κ1) is 13.8. The summed E-state index contributed by atoms with van der Waals surface area (Å²) in [7, 11) is 1.90. The minimum atomic E-state index is -0.334. The molecule has 0 aliphatic carbocycles. The van der Waals surface area contributed by atoms with Crippen molar-refractivity contribution in [3.05, 3.63) is 24.0 Å². The first-order valence-corrected chi connectivity index (χ1v) is 5.83. The molecule has 1 rings (SSSR count). The summed E-state index contributed by atoms with van der Waals surface area (Å²) in [6.07, 6.45) is 0. The van der Waals surface area contributed by atoms with Crippen molar-refractivity contribution in [1.82, 2.24) is 5.32 Å². The minimum Gasteiger partial charge on any atom is -0.491 e. The van der Waals surface area contributed by atoms with Crippen molar-refractivity contribution in [2.75, 3.05) is 25.5 Å². The van der Waals surface area contributed by atoms with Crippen molar-refractivity contribution < 1.29 is 9.13 Å². The molecule has 0 unspecified atom stereocenters. The van der Waals surface area contributed by atoms with Gasteiger partial charge in [-0.05, 0) is 40.0 Å². The zero-order valence-electron chi connectivity index (χ0n) is 10.9. The van der Waals surface area contributed by atoms with Gasteiger partial charge in [0.1, 0.15) is 0 Å². The van der Waals surface area contributed by atoms with Crippen LogP contribution in [0.5, 0.6) is 5.75 Å². The fraction of sp³-hybridized carbons (Fsp3) is 0.538. The molecule has 0 aliphatic rings. The van der Waals surface area contributed by atoms with E-state index in [9.17, 15) is 4.39 Å². The summed E-state index contributed by atoms with van der Waals surface area (Å²) >= 11 is 0. The molecule has 1 aromatic rings. The molecule has 2 N–H and O–H groups in total. The highest BCUT2D eigenvalue weighted by molar-refractivity contribution is 5.47. The number of halogens is 1. The van der Waals surface area contributed by atoms with Crippen molar-refractivity contribution in [3.63, 3.8) is 0 Å². The molecule has 17 heavy (non-hydrogen) atoms. The van der Waals surface area contributed by atoms with E-state index < -0.39 is 0 Å². The van der Waals surface area contributed by atoms with E-state index in [1.165, 1.54) is 6.07 Å². The van der Waals surface area contributed by atoms with Crippen LogP contribution in [0.3, 0.4) is 0 Å². The van der Waals surface area contributed by atoms with Crippen molar-refractivity contribution in [3.8, 4) is 5.75 Å². The predicted octanol–water partition coefficient (Wildman–Crippen LogP) is 2.63. The lowest BCUT2D eigenvalue weighted by Crippen LogP contribution is -2.42. The van der Waals surface area contributed by atoms with Crippen LogP contribution in [0, 0.1) is 5.82 Å². The maximum absolute atomic E-state index is 13.6. The monoisotopic (exact) mass is 240 g/mol. The normalized spacial score (nSPS) is 11.4. The average molecular weight is 240 g/mol. The van der Waals surface area contributed by atoms with Gasteiger partial charge in [-0.25, -0.2) is 4.39 Å². The highest BCUT2D eigenvalue weighted by atomic mass is 19.1. The van der Waals surface area contributed by atoms with Gasteiger partial charge in [-0.3, -0.25) is 0 Å². The number of benzene rings is 1. The Morgan fingerprint density at radius 3 is 2.59 bits per heavy atom. The summed E-state index contributed by atoms with van der Waals surface area (Å²) in [5.41, 5.74) is 0.726. The lowest BCUT2D eigenvalue weighted by molar-refractivity contribution is 0.321. The maximum atomic E-state index is 13.6. The fourth-order valence-electron chi connectivity index (χ4n) is 1.29. The van der Waals surface area contributed by atoms with Crippen LogP contribution in [0.1, 0.15) is 20.8 Å². The van der Waals surface area contributed by atoms with E-state index in [-0.39, 0.29) is 11.4 Å². The van der Waals surface area contributed by atoms with Gasteiger partial charge in [-0.2, -0.15) is 0 Å². The van der Waals surface area contributed by atoms with Crippen LogP contribution in [-0.2, 0) is 0 Å². The fourth-order valence-corrected chi connectivity index (χ4v) is 1.29. The molecule has 0 aliphatic heterocycles. The van der Waals surface area contributed by atoms with Gasteiger partial charge in [0, 0.05) is 23.8 Å². The standard InChI is InChI=1S/C13H21FN2O/c1-5-17-12-7-6-10(8-11(12)14)16-9-13(2,3)15-4/h6-8,15-16H,5,9H2,1-4H3. The molecule has 0 fully saturated rings. The van der Waals surface area contributed by atoms with Gasteiger partial charge in [0.25, 0.3) is 0 Å². The zero-order chi connectivity index (χ0) is 12.9. The number of likely N-dealkylation sites (N-methyl/N-ethyl adjacent to an activating group) is 1. The second-order valence-electron chi connectivity index (χ2n) is 4.57. The van der Waals surface area contributed by atoms with Gasteiger partial charge in [0.15, 0.2) is 11.6 Å². The molecule has 1 aromatic carbocycles. The van der Waals surface area contributed by atoms with Crippen LogP contribution in [-0.4, -0.2) is 25.7 Å². The summed E-state index contributed by atoms with van der Waals surface area (Å²) in [5, 5.41) is 6.36. The Labute approximate surface area is 102 Å². The van der Waals surface area contributed by atoms with Crippen LogP contribution in [0.15, 0.2) is 18.2 Å². The van der Waals surface area contributed by atoms with E-state index in [1.807, 2.05) is 20.0 Å². The molecule has 0 saturated carbocycles. The molecule has 0 saturated heterocycles. The minimum absolute atomic E-state index is 0.0327. The molecular formula is C13H21FN2O. The van der Waals surface area contributed by atoms with Crippen molar-refractivity contribution in [2.24, 2.45) is 0 Å². The number of hydrogen-bond donors (Lipinski definition) is 2. The van der Waals surface area contributed by atoms with Crippen molar-refractivity contribution >= 4 is 5.69 Å². The molecule has 0 spiro atoms. The predicted molar refractivity (Wildman–Crippen MR) is 69.2 cm³/mol. The Kier molecular flexibility index (Phi) is 4.75. The van der Waals surface area contributed by atoms with Gasteiger partial charge in [-0.15, -0.1) is 0 Å². The summed E-state index contributed by atoms with van der Waals surface area (Å²) in [6, 6.07) is 4.92. The van der Waals surface area contributed by atoms with E-state index in [0.29, 0.717) is 12.4 Å². The Hall–Kier alpha value is -1.29. The zero-order valence-corrected chi connectivity index (χ0v) is 10.9. The molecule has 4 heteroatoms. The van der Waals surface area contributed by atoms with Crippen LogP contribution >= 0.6 is 0 Å². The molecule has 96 valence electrons. The number of hydrogen-bond acceptors (Lipinski definition) is 3. The first-order chi connectivity index (χ1) is 7.98. The van der Waals surface area contributed by atoms with E-state index >= 15 is 0 Å². The third-order valence-electron chi connectivity index (χ3n) is 2.64. The summed E-state index contributed by atoms with van der Waals surface area (Å²) in [6.45, 7) is 7.17. The number of rotatable bonds is 6. The van der Waals surface area contributed by atoms with E-state index in [4.69, 9.17) is 4.74 Å². The molecule has 0 atom stereocenters. The second-order valence-corrected chi connectivity index (χ2v) is 4.57. The van der Waals surface area contributed by atoms with Crippen molar-refractivity contribution in [2.45, 2.75) is 26.3 Å². The topological polar surface area (TPSA) is 33.3 Å². The summed E-state index contributed by atoms with van der Waals surface area (Å²) < 4.78 is 18.7. The lowest BCUT2D eigenvalue weighted by Gasteiger charge is -2.25. The highest BCUT2D eigenvalue weighted by Gasteiger charge is 2.14. The summed E-state index contributed by atoms with van der Waals surface area (Å²) in [4.78, 5) is 0. The van der Waals surface area contributed by atoms with Gasteiger partial charge < -0.3 is 15.4 Å². The van der Waals surface area contributed by atoms with Crippen LogP contribution in [0.4, 0.5) is 10.1 Å². The Bertz CT molecular complexity index is 366. The molecular weight excluding hydrogens is 219 g/mol. The number of anilines is 1. The van der Waals surface area contributed by atoms with Gasteiger partial charge in [0.2, 0.25) is 0 Å². The molecule has 0 heterocycles. The lowest BCUT2D eigenvalue weighted by atomic mass is 10.1. The van der Waals surface area contributed by atoms with E-state index in [0.717, 1.165) is 12.2 Å². The number of ether oxygens (including phenoxy) is 1. The van der Waals surface area contributed by atoms with Gasteiger partial charge >= 0.3 is 0 Å². The van der Waals surface area contributed by atoms with Gasteiger partial charge in [-0.1, -0.05) is 0 Å². The third kappa shape index (κ3) is 4.23. The molecule has 3 nitrogen and oxygen atoms in total. The Morgan fingerprint density at radius 1 is 1.35 bits per heavy atom. The second kappa shape index (κ2) is 5.87. The SMILES string of the molecule is CCOc1ccc(NCC(C)(C)NC)cc1F. The van der Waals surface area contributed by atoms with E-state index in [1.54, 1.807) is 6.07 Å². The average Bonchev–Trinajstić information content (AvgIpc) is 2.30. The molecule has 0 amide bonds. The van der Waals surface area contributed by atoms with Crippen LogP contribution in [0.25, 0.3) is 0 Å². The highest BCUT2D eigenvalue weighted by Crippen LogP contribution is 2.21. The largest absolute Gasteiger partial charge is 0.491 e. The van der Waals surface area contributed by atoms with Crippen LogP contribution in [0.2, 0.25) is 0 Å². The Morgan fingerprint density at radius 2 is 2.06 bits per heavy atom. The van der Waals surface area contributed by atoms with E-state index in [2.05, 4.69) is 24.5 Å². The maximum Gasteiger partial charge on any atom is 0.167 e. The quantitative estimate of drug-likeness (QED) is 0.802.